The van der Waals surface area contributed by atoms with Crippen LogP contribution in [0.1, 0.15) is 49.8 Å². The zero-order chi connectivity index (χ0) is 13.5. The second-order valence-corrected chi connectivity index (χ2v) is 6.22. The molecule has 1 fully saturated rings. The number of fused-ring (bicyclic) bond motifs is 1. The monoisotopic (exact) mass is 258 g/mol. The zero-order valence-electron chi connectivity index (χ0n) is 11.8. The summed E-state index contributed by atoms with van der Waals surface area (Å²) in [5, 5.41) is 6.40. The second kappa shape index (κ2) is 4.64. The van der Waals surface area contributed by atoms with Crippen LogP contribution in [0, 0.1) is 5.41 Å². The summed E-state index contributed by atoms with van der Waals surface area (Å²) in [6.45, 7) is 2.39. The van der Waals surface area contributed by atoms with E-state index in [1.54, 1.807) is 0 Å². The van der Waals surface area contributed by atoms with E-state index in [4.69, 9.17) is 0 Å². The number of rotatable bonds is 3. The molecule has 1 aromatic carbocycles. The number of anilines is 1. The average molecular weight is 258 g/mol. The normalized spacial score (nSPS) is 22.1. The van der Waals surface area contributed by atoms with E-state index in [1.165, 1.54) is 31.2 Å². The van der Waals surface area contributed by atoms with E-state index >= 15 is 0 Å². The van der Waals surface area contributed by atoms with Crippen LogP contribution in [0.2, 0.25) is 0 Å². The van der Waals surface area contributed by atoms with Gasteiger partial charge in [-0.05, 0) is 42.5 Å². The lowest BCUT2D eigenvalue weighted by atomic mass is 9.77. The Morgan fingerprint density at radius 1 is 1.32 bits per heavy atom. The Balaban J connectivity index is 1.92. The first-order valence-electron chi connectivity index (χ1n) is 7.22. The number of carbonyl (C=O) groups excluding carboxylic acids is 1. The van der Waals surface area contributed by atoms with Gasteiger partial charge in [0, 0.05) is 11.7 Å². The van der Waals surface area contributed by atoms with E-state index in [2.05, 4.69) is 35.8 Å². The Morgan fingerprint density at radius 3 is 2.74 bits per heavy atom. The van der Waals surface area contributed by atoms with Gasteiger partial charge >= 0.3 is 0 Å². The summed E-state index contributed by atoms with van der Waals surface area (Å²) >= 11 is 0. The van der Waals surface area contributed by atoms with Gasteiger partial charge in [0.25, 0.3) is 0 Å². The van der Waals surface area contributed by atoms with Crippen molar-refractivity contribution < 1.29 is 4.79 Å². The molecule has 2 N–H and O–H groups in total. The number of hydrogen-bond acceptors (Lipinski definition) is 2. The van der Waals surface area contributed by atoms with Crippen LogP contribution in [-0.4, -0.2) is 13.0 Å². The lowest BCUT2D eigenvalue weighted by Gasteiger charge is -2.34. The van der Waals surface area contributed by atoms with Crippen LogP contribution in [0.5, 0.6) is 0 Å². The predicted molar refractivity (Wildman–Crippen MR) is 77.2 cm³/mol. The largest absolute Gasteiger partial charge is 0.326 e. The molecule has 3 heteroatoms. The Morgan fingerprint density at radius 2 is 2.05 bits per heavy atom. The number of nitrogens with one attached hydrogen (secondary N) is 2. The first kappa shape index (κ1) is 12.7. The van der Waals surface area contributed by atoms with Crippen molar-refractivity contribution in [2.24, 2.45) is 5.41 Å². The molecule has 0 saturated heterocycles. The fraction of sp³-hybridized carbons (Fsp3) is 0.562. The summed E-state index contributed by atoms with van der Waals surface area (Å²) in [7, 11) is 2.05. The van der Waals surface area contributed by atoms with E-state index in [1.807, 2.05) is 7.05 Å². The standard InChI is InChI=1S/C16H22N2O/c1-16(7-3-4-8-16)15(17-2)11-5-6-13-12(9-11)10-14(19)18-13/h5-6,9,15,17H,3-4,7-8,10H2,1-2H3,(H,18,19). The number of carbonyl (C=O) groups is 1. The molecule has 0 spiro atoms. The molecule has 3 nitrogen and oxygen atoms in total. The van der Waals surface area contributed by atoms with Crippen LogP contribution in [-0.2, 0) is 11.2 Å². The van der Waals surface area contributed by atoms with Crippen molar-refractivity contribution in [3.8, 4) is 0 Å². The van der Waals surface area contributed by atoms with Gasteiger partial charge in [-0.25, -0.2) is 0 Å². The molecule has 3 rings (SSSR count). The smallest absolute Gasteiger partial charge is 0.228 e. The molecule has 1 amide bonds. The predicted octanol–water partition coefficient (Wildman–Crippen LogP) is 3.02. The van der Waals surface area contributed by atoms with Gasteiger partial charge in [0.2, 0.25) is 5.91 Å². The summed E-state index contributed by atoms with van der Waals surface area (Å²) in [5.41, 5.74) is 3.80. The molecule has 2 aliphatic rings. The maximum Gasteiger partial charge on any atom is 0.228 e. The summed E-state index contributed by atoms with van der Waals surface area (Å²) in [4.78, 5) is 11.4. The molecule has 102 valence electrons. The van der Waals surface area contributed by atoms with Gasteiger partial charge in [0.05, 0.1) is 6.42 Å². The molecule has 1 unspecified atom stereocenters. The summed E-state index contributed by atoms with van der Waals surface area (Å²) < 4.78 is 0. The van der Waals surface area contributed by atoms with E-state index in [0.29, 0.717) is 17.9 Å². The van der Waals surface area contributed by atoms with Crippen LogP contribution in [0.3, 0.4) is 0 Å². The SMILES string of the molecule is CNC(c1ccc2c(c1)CC(=O)N2)C1(C)CCCC1. The lowest BCUT2D eigenvalue weighted by Crippen LogP contribution is -2.32. The number of benzene rings is 1. The van der Waals surface area contributed by atoms with Crippen molar-refractivity contribution in [3.63, 3.8) is 0 Å². The molecule has 19 heavy (non-hydrogen) atoms. The highest BCUT2D eigenvalue weighted by Crippen LogP contribution is 2.47. The average Bonchev–Trinajstić information content (AvgIpc) is 2.95. The van der Waals surface area contributed by atoms with Crippen molar-refractivity contribution >= 4 is 11.6 Å². The van der Waals surface area contributed by atoms with Crippen molar-refractivity contribution in [1.82, 2.24) is 5.32 Å². The van der Waals surface area contributed by atoms with Gasteiger partial charge in [-0.1, -0.05) is 31.9 Å². The van der Waals surface area contributed by atoms with Crippen LogP contribution in [0.4, 0.5) is 5.69 Å². The Hall–Kier alpha value is -1.35. The van der Waals surface area contributed by atoms with Gasteiger partial charge in [-0.15, -0.1) is 0 Å². The molecule has 1 saturated carbocycles. The molecular formula is C16H22N2O. The minimum Gasteiger partial charge on any atom is -0.326 e. The van der Waals surface area contributed by atoms with Crippen molar-refractivity contribution in [1.29, 1.82) is 0 Å². The molecule has 1 aromatic rings. The third-order valence-electron chi connectivity index (χ3n) is 4.82. The number of hydrogen-bond donors (Lipinski definition) is 2. The third kappa shape index (κ3) is 2.16. The van der Waals surface area contributed by atoms with Gasteiger partial charge < -0.3 is 10.6 Å². The maximum atomic E-state index is 11.4. The van der Waals surface area contributed by atoms with Crippen molar-refractivity contribution in [2.75, 3.05) is 12.4 Å². The summed E-state index contributed by atoms with van der Waals surface area (Å²) in [6, 6.07) is 6.81. The van der Waals surface area contributed by atoms with Crippen molar-refractivity contribution in [3.05, 3.63) is 29.3 Å². The minimum atomic E-state index is 0.111. The van der Waals surface area contributed by atoms with Gasteiger partial charge in [0.1, 0.15) is 0 Å². The molecule has 1 heterocycles. The van der Waals surface area contributed by atoms with Crippen molar-refractivity contribution in [2.45, 2.75) is 45.1 Å². The Kier molecular flexibility index (Phi) is 3.09. The molecule has 1 aliphatic carbocycles. The van der Waals surface area contributed by atoms with E-state index < -0.39 is 0 Å². The highest BCUT2D eigenvalue weighted by atomic mass is 16.1. The van der Waals surface area contributed by atoms with E-state index in [9.17, 15) is 4.79 Å². The summed E-state index contributed by atoms with van der Waals surface area (Å²) in [6.07, 6.45) is 5.76. The first-order valence-corrected chi connectivity index (χ1v) is 7.22. The van der Waals surface area contributed by atoms with Crippen LogP contribution in [0.15, 0.2) is 18.2 Å². The maximum absolute atomic E-state index is 11.4. The number of amides is 1. The Labute approximate surface area is 114 Å². The van der Waals surface area contributed by atoms with Gasteiger partial charge in [-0.3, -0.25) is 4.79 Å². The fourth-order valence-electron chi connectivity index (χ4n) is 3.82. The molecule has 0 aromatic heterocycles. The highest BCUT2D eigenvalue weighted by molar-refractivity contribution is 5.99. The third-order valence-corrected chi connectivity index (χ3v) is 4.82. The quantitative estimate of drug-likeness (QED) is 0.875. The molecular weight excluding hydrogens is 236 g/mol. The molecule has 1 atom stereocenters. The topological polar surface area (TPSA) is 41.1 Å². The highest BCUT2D eigenvalue weighted by Gasteiger charge is 2.37. The lowest BCUT2D eigenvalue weighted by molar-refractivity contribution is -0.115. The van der Waals surface area contributed by atoms with Crippen LogP contribution in [0.25, 0.3) is 0 Å². The molecule has 1 aliphatic heterocycles. The van der Waals surface area contributed by atoms with E-state index in [0.717, 1.165) is 11.3 Å². The summed E-state index contributed by atoms with van der Waals surface area (Å²) in [5.74, 6) is 0.111. The van der Waals surface area contributed by atoms with Crippen LogP contribution >= 0.6 is 0 Å². The molecule has 0 radical (unpaired) electrons. The second-order valence-electron chi connectivity index (χ2n) is 6.22. The van der Waals surface area contributed by atoms with Crippen LogP contribution < -0.4 is 10.6 Å². The van der Waals surface area contributed by atoms with E-state index in [-0.39, 0.29) is 5.91 Å². The minimum absolute atomic E-state index is 0.111. The zero-order valence-corrected chi connectivity index (χ0v) is 11.8. The fourth-order valence-corrected chi connectivity index (χ4v) is 3.82. The van der Waals surface area contributed by atoms with Gasteiger partial charge in [-0.2, -0.15) is 0 Å². The molecule has 0 bridgehead atoms. The Bertz CT molecular complexity index is 503. The van der Waals surface area contributed by atoms with Gasteiger partial charge in [0.15, 0.2) is 0 Å². The first-order chi connectivity index (χ1) is 9.12.